The zero-order valence-electron chi connectivity index (χ0n) is 10.8. The lowest BCUT2D eigenvalue weighted by molar-refractivity contribution is -0.387. The molecule has 0 aliphatic carbocycles. The van der Waals surface area contributed by atoms with Crippen molar-refractivity contribution in [1.82, 2.24) is 5.32 Å². The van der Waals surface area contributed by atoms with Crippen molar-refractivity contribution in [3.8, 4) is 0 Å². The van der Waals surface area contributed by atoms with Gasteiger partial charge in [-0.2, -0.15) is 4.39 Å². The number of nitro benzene ring substituents is 1. The maximum atomic E-state index is 13.7. The molecule has 0 atom stereocenters. The molecule has 0 heterocycles. The molecule has 0 saturated heterocycles. The highest BCUT2D eigenvalue weighted by Gasteiger charge is 2.24. The van der Waals surface area contributed by atoms with E-state index in [9.17, 15) is 23.7 Å². The van der Waals surface area contributed by atoms with Crippen molar-refractivity contribution in [2.45, 2.75) is 20.8 Å². The van der Waals surface area contributed by atoms with Crippen LogP contribution < -0.4 is 5.32 Å². The zero-order valence-corrected chi connectivity index (χ0v) is 10.8. The molecule has 0 bridgehead atoms. The molecule has 1 amide bonds. The number of carbonyl (C=O) groups is 1. The SMILES string of the molecule is CC(C)(C)CNC(=O)c1cc(F)cc([N+](=O)[O-])c1F. The topological polar surface area (TPSA) is 72.2 Å². The number of carbonyl (C=O) groups excluding carboxylic acids is 1. The Morgan fingerprint density at radius 3 is 2.42 bits per heavy atom. The summed E-state index contributed by atoms with van der Waals surface area (Å²) in [6, 6.07) is 1.08. The first-order valence-corrected chi connectivity index (χ1v) is 5.53. The standard InChI is InChI=1S/C12H14F2N2O3/c1-12(2,3)6-15-11(17)8-4-7(13)5-9(10(8)14)16(18)19/h4-5H,6H2,1-3H3,(H,15,17). The van der Waals surface area contributed by atoms with Crippen molar-refractivity contribution in [2.75, 3.05) is 6.54 Å². The summed E-state index contributed by atoms with van der Waals surface area (Å²) in [6.07, 6.45) is 0. The quantitative estimate of drug-likeness (QED) is 0.679. The molecule has 0 radical (unpaired) electrons. The van der Waals surface area contributed by atoms with Crippen LogP contribution in [-0.2, 0) is 0 Å². The second kappa shape index (κ2) is 5.29. The number of nitrogens with one attached hydrogen (secondary N) is 1. The minimum absolute atomic E-state index is 0.232. The largest absolute Gasteiger partial charge is 0.351 e. The fourth-order valence-corrected chi connectivity index (χ4v) is 1.31. The van der Waals surface area contributed by atoms with Gasteiger partial charge in [-0.3, -0.25) is 14.9 Å². The number of benzene rings is 1. The first-order chi connectivity index (χ1) is 8.61. The first kappa shape index (κ1) is 15.0. The van der Waals surface area contributed by atoms with Gasteiger partial charge in [0, 0.05) is 6.54 Å². The Labute approximate surface area is 108 Å². The molecule has 1 rings (SSSR count). The van der Waals surface area contributed by atoms with E-state index in [2.05, 4.69) is 5.32 Å². The average molecular weight is 272 g/mol. The summed E-state index contributed by atoms with van der Waals surface area (Å²) >= 11 is 0. The van der Waals surface area contributed by atoms with Crippen LogP contribution >= 0.6 is 0 Å². The Bertz CT molecular complexity index is 524. The van der Waals surface area contributed by atoms with Gasteiger partial charge >= 0.3 is 5.69 Å². The van der Waals surface area contributed by atoms with Crippen molar-refractivity contribution in [1.29, 1.82) is 0 Å². The summed E-state index contributed by atoms with van der Waals surface area (Å²) in [4.78, 5) is 21.2. The van der Waals surface area contributed by atoms with Gasteiger partial charge in [0.2, 0.25) is 5.82 Å². The molecule has 1 N–H and O–H groups in total. The van der Waals surface area contributed by atoms with Crippen LogP contribution in [0.25, 0.3) is 0 Å². The van der Waals surface area contributed by atoms with Crippen LogP contribution in [0.5, 0.6) is 0 Å². The lowest BCUT2D eigenvalue weighted by Gasteiger charge is -2.18. The molecular formula is C12H14F2N2O3. The Hall–Kier alpha value is -2.05. The number of halogens is 2. The number of rotatable bonds is 3. The molecule has 1 aromatic rings. The molecule has 0 unspecified atom stereocenters. The van der Waals surface area contributed by atoms with Crippen molar-refractivity contribution in [2.24, 2.45) is 5.41 Å². The van der Waals surface area contributed by atoms with Crippen LogP contribution in [0.4, 0.5) is 14.5 Å². The number of amides is 1. The number of hydrogen-bond donors (Lipinski definition) is 1. The summed E-state index contributed by atoms with van der Waals surface area (Å²) in [6.45, 7) is 5.77. The normalized spacial score (nSPS) is 11.2. The van der Waals surface area contributed by atoms with Crippen LogP contribution in [0.2, 0.25) is 0 Å². The monoisotopic (exact) mass is 272 g/mol. The Morgan fingerprint density at radius 2 is 1.95 bits per heavy atom. The van der Waals surface area contributed by atoms with Gasteiger partial charge in [-0.05, 0) is 11.5 Å². The van der Waals surface area contributed by atoms with E-state index in [4.69, 9.17) is 0 Å². The minimum atomic E-state index is -1.34. The van der Waals surface area contributed by atoms with Gasteiger partial charge in [-0.25, -0.2) is 4.39 Å². The molecule has 0 fully saturated rings. The molecule has 19 heavy (non-hydrogen) atoms. The van der Waals surface area contributed by atoms with Gasteiger partial charge in [-0.1, -0.05) is 20.8 Å². The predicted molar refractivity (Wildman–Crippen MR) is 64.8 cm³/mol. The highest BCUT2D eigenvalue weighted by Crippen LogP contribution is 2.22. The fourth-order valence-electron chi connectivity index (χ4n) is 1.31. The third kappa shape index (κ3) is 3.97. The van der Waals surface area contributed by atoms with Gasteiger partial charge in [-0.15, -0.1) is 0 Å². The highest BCUT2D eigenvalue weighted by molar-refractivity contribution is 5.95. The van der Waals surface area contributed by atoms with E-state index in [1.165, 1.54) is 0 Å². The molecule has 1 aromatic carbocycles. The maximum absolute atomic E-state index is 13.7. The van der Waals surface area contributed by atoms with E-state index in [0.717, 1.165) is 0 Å². The smallest absolute Gasteiger partial charge is 0.308 e. The summed E-state index contributed by atoms with van der Waals surface area (Å²) in [5.74, 6) is -3.25. The van der Waals surface area contributed by atoms with Gasteiger partial charge in [0.1, 0.15) is 5.82 Å². The Kier molecular flexibility index (Phi) is 4.18. The molecule has 0 aliphatic rings. The molecule has 0 spiro atoms. The number of hydrogen-bond acceptors (Lipinski definition) is 3. The Morgan fingerprint density at radius 1 is 1.37 bits per heavy atom. The van der Waals surface area contributed by atoms with Crippen LogP contribution in [-0.4, -0.2) is 17.4 Å². The molecule has 7 heteroatoms. The molecular weight excluding hydrogens is 258 g/mol. The summed E-state index contributed by atoms with van der Waals surface area (Å²) < 4.78 is 26.9. The predicted octanol–water partition coefficient (Wildman–Crippen LogP) is 2.65. The van der Waals surface area contributed by atoms with Crippen LogP contribution in [0.15, 0.2) is 12.1 Å². The van der Waals surface area contributed by atoms with E-state index in [-0.39, 0.29) is 12.0 Å². The molecule has 0 aliphatic heterocycles. The lowest BCUT2D eigenvalue weighted by Crippen LogP contribution is -2.32. The minimum Gasteiger partial charge on any atom is -0.351 e. The van der Waals surface area contributed by atoms with Crippen LogP contribution in [0.1, 0.15) is 31.1 Å². The van der Waals surface area contributed by atoms with E-state index < -0.39 is 33.7 Å². The lowest BCUT2D eigenvalue weighted by atomic mass is 9.97. The average Bonchev–Trinajstić information content (AvgIpc) is 2.27. The first-order valence-electron chi connectivity index (χ1n) is 5.53. The van der Waals surface area contributed by atoms with Gasteiger partial charge in [0.15, 0.2) is 0 Å². The van der Waals surface area contributed by atoms with E-state index >= 15 is 0 Å². The highest BCUT2D eigenvalue weighted by atomic mass is 19.1. The summed E-state index contributed by atoms with van der Waals surface area (Å²) in [5, 5.41) is 12.9. The second-order valence-corrected chi connectivity index (χ2v) is 5.29. The zero-order chi connectivity index (χ0) is 14.8. The van der Waals surface area contributed by atoms with Crippen molar-refractivity contribution < 1.29 is 18.5 Å². The number of nitro groups is 1. The van der Waals surface area contributed by atoms with Crippen LogP contribution in [0, 0.1) is 27.2 Å². The molecule has 0 saturated carbocycles. The molecule has 104 valence electrons. The van der Waals surface area contributed by atoms with Crippen molar-refractivity contribution in [3.05, 3.63) is 39.4 Å². The van der Waals surface area contributed by atoms with E-state index in [1.54, 1.807) is 0 Å². The molecule has 0 aromatic heterocycles. The van der Waals surface area contributed by atoms with Gasteiger partial charge in [0.25, 0.3) is 5.91 Å². The van der Waals surface area contributed by atoms with Crippen LogP contribution in [0.3, 0.4) is 0 Å². The number of nitrogens with zero attached hydrogens (tertiary/aromatic N) is 1. The summed E-state index contributed by atoms with van der Waals surface area (Å²) in [5.41, 5.74) is -1.97. The van der Waals surface area contributed by atoms with Gasteiger partial charge < -0.3 is 5.32 Å². The van der Waals surface area contributed by atoms with Crippen molar-refractivity contribution >= 4 is 11.6 Å². The van der Waals surface area contributed by atoms with Crippen molar-refractivity contribution in [3.63, 3.8) is 0 Å². The Balaban J connectivity index is 3.07. The van der Waals surface area contributed by atoms with Gasteiger partial charge in [0.05, 0.1) is 16.6 Å². The molecule has 5 nitrogen and oxygen atoms in total. The second-order valence-electron chi connectivity index (χ2n) is 5.29. The fraction of sp³-hybridized carbons (Fsp3) is 0.417. The maximum Gasteiger partial charge on any atom is 0.308 e. The summed E-state index contributed by atoms with van der Waals surface area (Å²) in [7, 11) is 0. The third-order valence-electron chi connectivity index (χ3n) is 2.24. The van der Waals surface area contributed by atoms with E-state index in [0.29, 0.717) is 12.1 Å². The third-order valence-corrected chi connectivity index (χ3v) is 2.24. The van der Waals surface area contributed by atoms with E-state index in [1.807, 2.05) is 20.8 Å².